The smallest absolute Gasteiger partial charge is 0.349 e. The molecule has 1 fully saturated rings. The van der Waals surface area contributed by atoms with Crippen LogP contribution in [0.25, 0.3) is 11.0 Å². The predicted molar refractivity (Wildman–Crippen MR) is 96.7 cm³/mol. The van der Waals surface area contributed by atoms with E-state index in [2.05, 4.69) is 45.7 Å². The highest BCUT2D eigenvalue weighted by Gasteiger charge is 2.28. The molecule has 23 heavy (non-hydrogen) atoms. The van der Waals surface area contributed by atoms with Gasteiger partial charge in [0.05, 0.1) is 4.47 Å². The van der Waals surface area contributed by atoms with E-state index in [1.807, 2.05) is 6.07 Å². The summed E-state index contributed by atoms with van der Waals surface area (Å²) in [5.74, 6) is 0.645. The largest absolute Gasteiger partial charge is 0.421 e. The summed E-state index contributed by atoms with van der Waals surface area (Å²) in [4.78, 5) is 26.8. The van der Waals surface area contributed by atoms with Crippen molar-refractivity contribution in [1.29, 1.82) is 0 Å². The molecule has 1 aromatic heterocycles. The number of piperidine rings is 1. The Balaban J connectivity index is 2.04. The van der Waals surface area contributed by atoms with Gasteiger partial charge >= 0.3 is 5.63 Å². The summed E-state index contributed by atoms with van der Waals surface area (Å²) in [6.45, 7) is 5.63. The van der Waals surface area contributed by atoms with Gasteiger partial charge in [-0.1, -0.05) is 29.8 Å². The van der Waals surface area contributed by atoms with E-state index in [9.17, 15) is 9.59 Å². The Bertz CT molecular complexity index is 820. The summed E-state index contributed by atoms with van der Waals surface area (Å²) in [6, 6.07) is 5.27. The standard InChI is InChI=1S/C17H17Br2NO3/c1-9-3-10(2)8-20(7-9)16(21)13-5-11-4-12(18)6-14(19)15(11)23-17(13)22/h4-6,9-10H,3,7-8H2,1-2H3/t9-,10+. The number of benzene rings is 1. The lowest BCUT2D eigenvalue weighted by Crippen LogP contribution is -2.43. The Kier molecular flexibility index (Phi) is 4.65. The second-order valence-electron chi connectivity index (χ2n) is 6.41. The van der Waals surface area contributed by atoms with Gasteiger partial charge in [0, 0.05) is 22.9 Å². The average Bonchev–Trinajstić information content (AvgIpc) is 2.46. The third-order valence-electron chi connectivity index (χ3n) is 4.14. The van der Waals surface area contributed by atoms with Crippen LogP contribution in [0.1, 0.15) is 30.6 Å². The number of hydrogen-bond donors (Lipinski definition) is 0. The number of nitrogens with zero attached hydrogens (tertiary/aromatic N) is 1. The Hall–Kier alpha value is -1.14. The molecule has 1 aliphatic rings. The fraction of sp³-hybridized carbons (Fsp3) is 0.412. The molecule has 0 saturated carbocycles. The maximum absolute atomic E-state index is 12.8. The maximum Gasteiger partial charge on any atom is 0.349 e. The molecule has 2 heterocycles. The highest BCUT2D eigenvalue weighted by atomic mass is 79.9. The van der Waals surface area contributed by atoms with Crippen LogP contribution >= 0.6 is 31.9 Å². The third-order valence-corrected chi connectivity index (χ3v) is 5.18. The molecule has 6 heteroatoms. The molecule has 0 unspecified atom stereocenters. The Morgan fingerprint density at radius 1 is 1.17 bits per heavy atom. The fourth-order valence-electron chi connectivity index (χ4n) is 3.31. The molecule has 1 amide bonds. The van der Waals surface area contributed by atoms with Crippen LogP contribution < -0.4 is 5.63 Å². The number of amides is 1. The van der Waals surface area contributed by atoms with Crippen molar-refractivity contribution >= 4 is 48.7 Å². The predicted octanol–water partition coefficient (Wildman–Crippen LogP) is 4.44. The zero-order valence-electron chi connectivity index (χ0n) is 12.9. The number of likely N-dealkylation sites (tertiary alicyclic amines) is 1. The van der Waals surface area contributed by atoms with Gasteiger partial charge < -0.3 is 9.32 Å². The van der Waals surface area contributed by atoms with Crippen LogP contribution in [0.15, 0.2) is 36.4 Å². The molecule has 0 N–H and O–H groups in total. The molecule has 122 valence electrons. The minimum atomic E-state index is -0.587. The second-order valence-corrected chi connectivity index (χ2v) is 8.18. The summed E-state index contributed by atoms with van der Waals surface area (Å²) in [7, 11) is 0. The number of fused-ring (bicyclic) bond motifs is 1. The van der Waals surface area contributed by atoms with Gasteiger partial charge in [-0.3, -0.25) is 4.79 Å². The Morgan fingerprint density at radius 3 is 2.48 bits per heavy atom. The normalized spacial score (nSPS) is 21.7. The van der Waals surface area contributed by atoms with Gasteiger partial charge in [-0.25, -0.2) is 4.79 Å². The molecule has 0 radical (unpaired) electrons. The second kappa shape index (κ2) is 6.40. The van der Waals surface area contributed by atoms with Crippen LogP contribution in [0.5, 0.6) is 0 Å². The number of hydrogen-bond acceptors (Lipinski definition) is 3. The van der Waals surface area contributed by atoms with Crippen molar-refractivity contribution in [3.63, 3.8) is 0 Å². The van der Waals surface area contributed by atoms with E-state index in [1.54, 1.807) is 17.0 Å². The topological polar surface area (TPSA) is 50.5 Å². The van der Waals surface area contributed by atoms with Crippen LogP contribution in [0.2, 0.25) is 0 Å². The molecule has 4 nitrogen and oxygen atoms in total. The highest BCUT2D eigenvalue weighted by molar-refractivity contribution is 9.11. The van der Waals surface area contributed by atoms with Crippen molar-refractivity contribution in [2.24, 2.45) is 11.8 Å². The van der Waals surface area contributed by atoms with Gasteiger partial charge in [0.1, 0.15) is 5.56 Å². The SMILES string of the molecule is C[C@@H]1C[C@H](C)CN(C(=O)c2cc3cc(Br)cc(Br)c3oc2=O)C1. The average molecular weight is 443 g/mol. The van der Waals surface area contributed by atoms with Crippen molar-refractivity contribution in [2.45, 2.75) is 20.3 Å². The number of rotatable bonds is 1. The molecular weight excluding hydrogens is 426 g/mol. The van der Waals surface area contributed by atoms with E-state index in [0.717, 1.165) is 10.9 Å². The highest BCUT2D eigenvalue weighted by Crippen LogP contribution is 2.29. The first-order valence-electron chi connectivity index (χ1n) is 7.57. The summed E-state index contributed by atoms with van der Waals surface area (Å²) >= 11 is 6.79. The molecule has 0 aliphatic carbocycles. The van der Waals surface area contributed by atoms with Gasteiger partial charge in [-0.2, -0.15) is 0 Å². The van der Waals surface area contributed by atoms with Gasteiger partial charge in [0.15, 0.2) is 5.58 Å². The summed E-state index contributed by atoms with van der Waals surface area (Å²) < 4.78 is 6.90. The van der Waals surface area contributed by atoms with Crippen molar-refractivity contribution in [1.82, 2.24) is 4.90 Å². The lowest BCUT2D eigenvalue weighted by Gasteiger charge is -2.34. The molecule has 1 saturated heterocycles. The third kappa shape index (κ3) is 3.38. The van der Waals surface area contributed by atoms with E-state index in [4.69, 9.17) is 4.42 Å². The zero-order chi connectivity index (χ0) is 16.7. The van der Waals surface area contributed by atoms with E-state index in [1.165, 1.54) is 0 Å². The van der Waals surface area contributed by atoms with Crippen molar-refractivity contribution in [3.8, 4) is 0 Å². The van der Waals surface area contributed by atoms with Crippen molar-refractivity contribution in [2.75, 3.05) is 13.1 Å². The minimum Gasteiger partial charge on any atom is -0.421 e. The molecule has 2 atom stereocenters. The van der Waals surface area contributed by atoms with Crippen LogP contribution in [-0.4, -0.2) is 23.9 Å². The molecular formula is C17H17Br2NO3. The van der Waals surface area contributed by atoms with Gasteiger partial charge in [0.25, 0.3) is 5.91 Å². The van der Waals surface area contributed by atoms with Gasteiger partial charge in [-0.05, 0) is 52.4 Å². The quantitative estimate of drug-likeness (QED) is 0.613. The molecule has 3 rings (SSSR count). The Morgan fingerprint density at radius 2 is 1.83 bits per heavy atom. The number of carbonyl (C=O) groups excluding carboxylic acids is 1. The van der Waals surface area contributed by atoms with Crippen LogP contribution in [0, 0.1) is 11.8 Å². The van der Waals surface area contributed by atoms with Crippen LogP contribution in [-0.2, 0) is 0 Å². The molecule has 0 bridgehead atoms. The zero-order valence-corrected chi connectivity index (χ0v) is 16.1. The van der Waals surface area contributed by atoms with Gasteiger partial charge in [-0.15, -0.1) is 0 Å². The summed E-state index contributed by atoms with van der Waals surface area (Å²) in [6.07, 6.45) is 1.11. The summed E-state index contributed by atoms with van der Waals surface area (Å²) in [5.41, 5.74) is -0.0321. The first-order valence-corrected chi connectivity index (χ1v) is 9.16. The minimum absolute atomic E-state index is 0.101. The lowest BCUT2D eigenvalue weighted by molar-refractivity contribution is 0.0619. The summed E-state index contributed by atoms with van der Waals surface area (Å²) in [5, 5.41) is 0.715. The first-order chi connectivity index (χ1) is 10.8. The maximum atomic E-state index is 12.8. The fourth-order valence-corrected chi connectivity index (χ4v) is 4.64. The van der Waals surface area contributed by atoms with E-state index in [0.29, 0.717) is 40.4 Å². The first kappa shape index (κ1) is 16.7. The molecule has 1 aromatic carbocycles. The lowest BCUT2D eigenvalue weighted by atomic mass is 9.91. The van der Waals surface area contributed by atoms with Crippen LogP contribution in [0.3, 0.4) is 0 Å². The van der Waals surface area contributed by atoms with E-state index in [-0.39, 0.29) is 11.5 Å². The molecule has 1 aliphatic heterocycles. The van der Waals surface area contributed by atoms with E-state index >= 15 is 0 Å². The van der Waals surface area contributed by atoms with Crippen LogP contribution in [0.4, 0.5) is 0 Å². The van der Waals surface area contributed by atoms with E-state index < -0.39 is 5.63 Å². The van der Waals surface area contributed by atoms with Crippen molar-refractivity contribution < 1.29 is 9.21 Å². The number of halogens is 2. The Labute approximate surface area is 151 Å². The van der Waals surface area contributed by atoms with Crippen molar-refractivity contribution in [3.05, 3.63) is 43.1 Å². The molecule has 0 spiro atoms. The molecule has 2 aromatic rings. The number of carbonyl (C=O) groups is 1. The van der Waals surface area contributed by atoms with Gasteiger partial charge in [0.2, 0.25) is 0 Å². The monoisotopic (exact) mass is 441 g/mol.